The highest BCUT2D eigenvalue weighted by atomic mass is 16.4. The molecule has 0 saturated carbocycles. The van der Waals surface area contributed by atoms with Gasteiger partial charge in [-0.2, -0.15) is 0 Å². The molecule has 1 rings (SSSR count). The van der Waals surface area contributed by atoms with Gasteiger partial charge in [0, 0.05) is 13.0 Å². The van der Waals surface area contributed by atoms with Crippen LogP contribution in [-0.4, -0.2) is 131 Å². The summed E-state index contributed by atoms with van der Waals surface area (Å²) in [5.41, 5.74) is 10.7. The molecule has 1 heterocycles. The van der Waals surface area contributed by atoms with Gasteiger partial charge in [-0.3, -0.25) is 52.7 Å². The Hall–Kier alpha value is -5.83. The number of carbonyl (C=O) groups is 11. The Morgan fingerprint density at radius 1 is 0.621 bits per heavy atom. The molecule has 0 radical (unpaired) electrons. The van der Waals surface area contributed by atoms with Crippen LogP contribution in [0.3, 0.4) is 0 Å². The molecule has 0 spiro atoms. The Morgan fingerprint density at radius 3 is 1.76 bits per heavy atom. The summed E-state index contributed by atoms with van der Waals surface area (Å²) in [6, 6.07) is -8.14. The predicted octanol–water partition coefficient (Wildman–Crippen LogP) is -3.33. The standard InChI is InChI=1S/C36H60N10O12/c1-5-6-7-8-9-10-11-14-28(49)39-18-29(50)41-21(3)33(55)45-24(17-27(38)48)36(58)46-15-12-13-25(46)35(57)44-23(16-26(37)47)34(56)43-22(4)32(54)42-20(2)31(53)40-19-30(51)52/h20-25H,5-19H2,1-4H3,(H2,37,47)(H2,38,48)(H,39,49)(H,40,53)(H,41,50)(H,42,54)(H,43,56)(H,44,57)(H,45,55)(H,51,52)/t20-,21-,22-,23-,24-,25-/m0/s1. The van der Waals surface area contributed by atoms with Crippen LogP contribution >= 0.6 is 0 Å². The minimum Gasteiger partial charge on any atom is -0.480 e. The van der Waals surface area contributed by atoms with Crippen LogP contribution in [0, 0.1) is 0 Å². The molecule has 6 atom stereocenters. The van der Waals surface area contributed by atoms with Gasteiger partial charge in [0.05, 0.1) is 19.4 Å². The van der Waals surface area contributed by atoms with Gasteiger partial charge in [0.1, 0.15) is 42.8 Å². The summed E-state index contributed by atoms with van der Waals surface area (Å²) < 4.78 is 0. The van der Waals surface area contributed by atoms with Crippen LogP contribution in [0.15, 0.2) is 0 Å². The molecular weight excluding hydrogens is 764 g/mol. The highest BCUT2D eigenvalue weighted by Crippen LogP contribution is 2.20. The number of carboxylic acid groups (broad SMARTS) is 1. The molecule has 0 aliphatic carbocycles. The lowest BCUT2D eigenvalue weighted by Gasteiger charge is -2.30. The number of carboxylic acids is 1. The number of amides is 10. The van der Waals surface area contributed by atoms with E-state index >= 15 is 0 Å². The van der Waals surface area contributed by atoms with Crippen molar-refractivity contribution in [2.45, 2.75) is 141 Å². The molecule has 1 saturated heterocycles. The molecule has 1 aliphatic heterocycles. The lowest BCUT2D eigenvalue weighted by atomic mass is 10.1. The van der Waals surface area contributed by atoms with Crippen LogP contribution < -0.4 is 48.7 Å². The third-order valence-electron chi connectivity index (χ3n) is 9.04. The van der Waals surface area contributed by atoms with E-state index < -0.39 is 121 Å². The normalized spacial score (nSPS) is 15.9. The summed E-state index contributed by atoms with van der Waals surface area (Å²) >= 11 is 0. The van der Waals surface area contributed by atoms with E-state index in [9.17, 15) is 52.7 Å². The predicted molar refractivity (Wildman–Crippen MR) is 205 cm³/mol. The van der Waals surface area contributed by atoms with Gasteiger partial charge in [0.15, 0.2) is 0 Å². The van der Waals surface area contributed by atoms with Gasteiger partial charge in [-0.25, -0.2) is 0 Å². The van der Waals surface area contributed by atoms with Crippen molar-refractivity contribution in [2.75, 3.05) is 19.6 Å². The van der Waals surface area contributed by atoms with Gasteiger partial charge >= 0.3 is 5.97 Å². The average Bonchev–Trinajstić information content (AvgIpc) is 3.64. The molecule has 22 nitrogen and oxygen atoms in total. The zero-order valence-corrected chi connectivity index (χ0v) is 33.6. The fourth-order valence-corrected chi connectivity index (χ4v) is 5.85. The first-order chi connectivity index (χ1) is 27.3. The monoisotopic (exact) mass is 824 g/mol. The van der Waals surface area contributed by atoms with E-state index in [0.29, 0.717) is 12.8 Å². The second-order valence-corrected chi connectivity index (χ2v) is 14.2. The van der Waals surface area contributed by atoms with E-state index in [1.54, 1.807) is 0 Å². The zero-order valence-electron chi connectivity index (χ0n) is 33.6. The zero-order chi connectivity index (χ0) is 43.9. The summed E-state index contributed by atoms with van der Waals surface area (Å²) in [6.07, 6.45) is 6.42. The Bertz CT molecular complexity index is 1510. The molecular formula is C36H60N10O12. The lowest BCUT2D eigenvalue weighted by molar-refractivity contribution is -0.143. The molecule has 1 fully saturated rings. The summed E-state index contributed by atoms with van der Waals surface area (Å²) in [7, 11) is 0. The molecule has 0 aromatic rings. The molecule has 10 amide bonds. The van der Waals surface area contributed by atoms with Gasteiger partial charge < -0.3 is 58.7 Å². The molecule has 1 aliphatic rings. The van der Waals surface area contributed by atoms with Crippen LogP contribution in [-0.2, 0) is 52.7 Å². The van der Waals surface area contributed by atoms with E-state index in [4.69, 9.17) is 16.6 Å². The number of hydrogen-bond donors (Lipinski definition) is 10. The third kappa shape index (κ3) is 19.4. The summed E-state index contributed by atoms with van der Waals surface area (Å²) in [5, 5.41) is 25.0. The van der Waals surface area contributed by atoms with Crippen molar-refractivity contribution in [2.24, 2.45) is 11.5 Å². The van der Waals surface area contributed by atoms with Crippen molar-refractivity contribution in [3.63, 3.8) is 0 Å². The van der Waals surface area contributed by atoms with Crippen LogP contribution in [0.25, 0.3) is 0 Å². The Labute approximate surface area is 336 Å². The van der Waals surface area contributed by atoms with Gasteiger partial charge in [0.2, 0.25) is 59.1 Å². The summed E-state index contributed by atoms with van der Waals surface area (Å²) in [5.74, 6) is -9.59. The fraction of sp³-hybridized carbons (Fsp3) is 0.694. The molecule has 0 unspecified atom stereocenters. The van der Waals surface area contributed by atoms with E-state index in [0.717, 1.165) is 37.0 Å². The molecule has 0 bridgehead atoms. The van der Waals surface area contributed by atoms with E-state index in [2.05, 4.69) is 44.1 Å². The van der Waals surface area contributed by atoms with Gasteiger partial charge in [-0.05, 0) is 40.0 Å². The maximum atomic E-state index is 13.7. The van der Waals surface area contributed by atoms with E-state index in [1.165, 1.54) is 27.2 Å². The number of primary amides is 2. The number of likely N-dealkylation sites (tertiary alicyclic amines) is 1. The Kier molecular flexibility index (Phi) is 22.6. The minimum absolute atomic E-state index is 0.00495. The molecule has 0 aromatic carbocycles. The van der Waals surface area contributed by atoms with Crippen molar-refractivity contribution in [1.29, 1.82) is 0 Å². The second kappa shape index (κ2) is 26.2. The number of hydrogen-bond acceptors (Lipinski definition) is 11. The SMILES string of the molecule is CCCCCCCCCC(=O)NCC(=O)N[C@@H](C)C(=O)N[C@@H](CC(N)=O)C(=O)N1CCC[C@H]1C(=O)N[C@@H](CC(N)=O)C(=O)N[C@@H](C)C(=O)N[C@@H](C)C(=O)NCC(=O)O. The van der Waals surface area contributed by atoms with Crippen molar-refractivity contribution < 1.29 is 57.8 Å². The number of nitrogens with one attached hydrogen (secondary N) is 7. The minimum atomic E-state index is -1.62. The van der Waals surface area contributed by atoms with Gasteiger partial charge in [-0.15, -0.1) is 0 Å². The lowest BCUT2D eigenvalue weighted by Crippen LogP contribution is -2.59. The van der Waals surface area contributed by atoms with Gasteiger partial charge in [0.25, 0.3) is 0 Å². The first kappa shape index (κ1) is 50.2. The number of carbonyl (C=O) groups excluding carboxylic acids is 10. The molecule has 0 aromatic heterocycles. The molecule has 58 heavy (non-hydrogen) atoms. The third-order valence-corrected chi connectivity index (χ3v) is 9.04. The maximum Gasteiger partial charge on any atom is 0.322 e. The topological polar surface area (TPSA) is 347 Å². The Morgan fingerprint density at radius 2 is 1.16 bits per heavy atom. The number of aliphatic carboxylic acids is 1. The van der Waals surface area contributed by atoms with Crippen molar-refractivity contribution >= 4 is 65.0 Å². The van der Waals surface area contributed by atoms with Crippen molar-refractivity contribution in [3.05, 3.63) is 0 Å². The van der Waals surface area contributed by atoms with Crippen molar-refractivity contribution in [1.82, 2.24) is 42.1 Å². The van der Waals surface area contributed by atoms with Crippen LogP contribution in [0.2, 0.25) is 0 Å². The van der Waals surface area contributed by atoms with Crippen LogP contribution in [0.5, 0.6) is 0 Å². The second-order valence-electron chi connectivity index (χ2n) is 14.2. The van der Waals surface area contributed by atoms with Crippen LogP contribution in [0.1, 0.15) is 105 Å². The number of nitrogens with zero attached hydrogens (tertiary/aromatic N) is 1. The number of rotatable bonds is 27. The number of nitrogens with two attached hydrogens (primary N) is 2. The van der Waals surface area contributed by atoms with E-state index in [1.807, 2.05) is 0 Å². The summed E-state index contributed by atoms with van der Waals surface area (Å²) in [4.78, 5) is 138. The average molecular weight is 825 g/mol. The fourth-order valence-electron chi connectivity index (χ4n) is 5.85. The smallest absolute Gasteiger partial charge is 0.322 e. The quantitative estimate of drug-likeness (QED) is 0.0364. The highest BCUT2D eigenvalue weighted by Gasteiger charge is 2.40. The Balaban J connectivity index is 2.85. The summed E-state index contributed by atoms with van der Waals surface area (Å²) in [6.45, 7) is 4.88. The molecule has 326 valence electrons. The van der Waals surface area contributed by atoms with Crippen molar-refractivity contribution in [3.8, 4) is 0 Å². The number of unbranched alkanes of at least 4 members (excludes halogenated alkanes) is 6. The maximum absolute atomic E-state index is 13.7. The van der Waals surface area contributed by atoms with E-state index in [-0.39, 0.29) is 25.3 Å². The van der Waals surface area contributed by atoms with Gasteiger partial charge in [-0.1, -0.05) is 45.4 Å². The highest BCUT2D eigenvalue weighted by molar-refractivity contribution is 5.99. The molecule has 12 N–H and O–H groups in total. The largest absolute Gasteiger partial charge is 0.480 e. The van der Waals surface area contributed by atoms with Crippen LogP contribution in [0.4, 0.5) is 0 Å². The first-order valence-electron chi connectivity index (χ1n) is 19.4. The first-order valence-corrected chi connectivity index (χ1v) is 19.4. The molecule has 22 heteroatoms.